The highest BCUT2D eigenvalue weighted by Gasteiger charge is 2.14. The summed E-state index contributed by atoms with van der Waals surface area (Å²) in [4.78, 5) is 7.46. The van der Waals surface area contributed by atoms with Crippen molar-refractivity contribution in [1.29, 1.82) is 0 Å². The molecule has 198 valence electrons. The van der Waals surface area contributed by atoms with Crippen molar-refractivity contribution in [3.05, 3.63) is 158 Å². The number of hydrogen-bond donors (Lipinski definition) is 0. The summed E-state index contributed by atoms with van der Waals surface area (Å²) in [5, 5.41) is 5.96. The van der Waals surface area contributed by atoms with E-state index in [2.05, 4.69) is 163 Å². The standard InChI is InChI=1S/C39H26N2S/c1-4-10-30(11-5-1)39-40-38-36(42-39)25-22-29-18-16-28-17-19-31(26-35(28)37(29)38)27-20-23-34(24-21-27)41(32-12-6-2-7-13-32)33-14-8-3-9-15-33/h1-26H. The number of nitrogens with zero attached hydrogens (tertiary/aromatic N) is 2. The summed E-state index contributed by atoms with van der Waals surface area (Å²) in [6.45, 7) is 0. The molecule has 0 radical (unpaired) electrons. The van der Waals surface area contributed by atoms with Crippen LogP contribution in [-0.4, -0.2) is 4.98 Å². The molecule has 0 unspecified atom stereocenters. The Morgan fingerprint density at radius 3 is 1.69 bits per heavy atom. The molecule has 42 heavy (non-hydrogen) atoms. The van der Waals surface area contributed by atoms with Crippen LogP contribution in [-0.2, 0) is 0 Å². The van der Waals surface area contributed by atoms with Gasteiger partial charge in [-0.1, -0.05) is 109 Å². The summed E-state index contributed by atoms with van der Waals surface area (Å²) >= 11 is 1.76. The second-order valence-electron chi connectivity index (χ2n) is 10.5. The van der Waals surface area contributed by atoms with Crippen LogP contribution in [0.15, 0.2) is 158 Å². The molecular weight excluding hydrogens is 529 g/mol. The topological polar surface area (TPSA) is 16.1 Å². The van der Waals surface area contributed by atoms with Crippen molar-refractivity contribution in [2.45, 2.75) is 0 Å². The van der Waals surface area contributed by atoms with Crippen LogP contribution >= 0.6 is 11.3 Å². The molecule has 0 amide bonds. The zero-order valence-electron chi connectivity index (χ0n) is 22.8. The molecule has 0 aliphatic carbocycles. The molecule has 8 aromatic rings. The lowest BCUT2D eigenvalue weighted by atomic mass is 9.96. The van der Waals surface area contributed by atoms with Crippen LogP contribution in [0.5, 0.6) is 0 Å². The van der Waals surface area contributed by atoms with Crippen molar-refractivity contribution in [3.8, 4) is 21.7 Å². The third-order valence-corrected chi connectivity index (χ3v) is 8.94. The fraction of sp³-hybridized carbons (Fsp3) is 0. The first kappa shape index (κ1) is 24.5. The fourth-order valence-corrected chi connectivity index (χ4v) is 6.80. The second kappa shape index (κ2) is 10.3. The first-order valence-corrected chi connectivity index (χ1v) is 15.0. The van der Waals surface area contributed by atoms with Gasteiger partial charge in [0.25, 0.3) is 0 Å². The molecule has 0 aliphatic rings. The molecule has 0 aliphatic heterocycles. The zero-order valence-corrected chi connectivity index (χ0v) is 23.6. The van der Waals surface area contributed by atoms with E-state index in [0.29, 0.717) is 0 Å². The minimum Gasteiger partial charge on any atom is -0.311 e. The molecule has 1 aromatic heterocycles. The quantitative estimate of drug-likeness (QED) is 0.197. The van der Waals surface area contributed by atoms with Gasteiger partial charge in [0.15, 0.2) is 0 Å². The van der Waals surface area contributed by atoms with Gasteiger partial charge in [-0.3, -0.25) is 0 Å². The van der Waals surface area contributed by atoms with E-state index in [1.165, 1.54) is 37.4 Å². The Balaban J connectivity index is 1.24. The van der Waals surface area contributed by atoms with Gasteiger partial charge in [0, 0.05) is 28.0 Å². The molecule has 3 heteroatoms. The lowest BCUT2D eigenvalue weighted by molar-refractivity contribution is 1.28. The molecular formula is C39H26N2S. The van der Waals surface area contributed by atoms with E-state index in [1.807, 2.05) is 0 Å². The van der Waals surface area contributed by atoms with E-state index >= 15 is 0 Å². The van der Waals surface area contributed by atoms with E-state index < -0.39 is 0 Å². The highest BCUT2D eigenvalue weighted by Crippen LogP contribution is 2.39. The lowest BCUT2D eigenvalue weighted by Gasteiger charge is -2.25. The summed E-state index contributed by atoms with van der Waals surface area (Å²) in [6.07, 6.45) is 0. The number of thiazole rings is 1. The number of anilines is 3. The van der Waals surface area contributed by atoms with Gasteiger partial charge in [-0.15, -0.1) is 11.3 Å². The number of fused-ring (bicyclic) bond motifs is 5. The fourth-order valence-electron chi connectivity index (χ4n) is 5.82. The molecule has 1 heterocycles. The van der Waals surface area contributed by atoms with Gasteiger partial charge in [-0.25, -0.2) is 4.98 Å². The molecule has 0 spiro atoms. The molecule has 7 aromatic carbocycles. The third kappa shape index (κ3) is 4.32. The maximum absolute atomic E-state index is 5.17. The number of hydrogen-bond acceptors (Lipinski definition) is 3. The molecule has 0 fully saturated rings. The first-order valence-electron chi connectivity index (χ1n) is 14.1. The Kier molecular flexibility index (Phi) is 6.02. The smallest absolute Gasteiger partial charge is 0.124 e. The van der Waals surface area contributed by atoms with E-state index in [4.69, 9.17) is 4.98 Å². The normalized spacial score (nSPS) is 11.3. The van der Waals surface area contributed by atoms with Crippen molar-refractivity contribution < 1.29 is 0 Å². The van der Waals surface area contributed by atoms with Crippen molar-refractivity contribution in [2.24, 2.45) is 0 Å². The molecule has 0 bridgehead atoms. The van der Waals surface area contributed by atoms with Gasteiger partial charge in [0.05, 0.1) is 10.2 Å². The van der Waals surface area contributed by atoms with E-state index in [0.717, 1.165) is 33.1 Å². The largest absolute Gasteiger partial charge is 0.311 e. The van der Waals surface area contributed by atoms with E-state index in [-0.39, 0.29) is 0 Å². The number of benzene rings is 7. The van der Waals surface area contributed by atoms with Crippen molar-refractivity contribution >= 4 is 60.2 Å². The van der Waals surface area contributed by atoms with Crippen LogP contribution in [0, 0.1) is 0 Å². The van der Waals surface area contributed by atoms with Crippen LogP contribution < -0.4 is 4.90 Å². The Morgan fingerprint density at radius 1 is 0.452 bits per heavy atom. The van der Waals surface area contributed by atoms with Crippen molar-refractivity contribution in [2.75, 3.05) is 4.90 Å². The average molecular weight is 555 g/mol. The number of aromatic nitrogens is 1. The highest BCUT2D eigenvalue weighted by atomic mass is 32.1. The predicted molar refractivity (Wildman–Crippen MR) is 180 cm³/mol. The zero-order chi connectivity index (χ0) is 27.9. The SMILES string of the molecule is c1ccc(-c2nc3c(ccc4ccc5ccc(-c6ccc(N(c7ccccc7)c7ccccc7)cc6)cc5c43)s2)cc1. The third-order valence-electron chi connectivity index (χ3n) is 7.87. The van der Waals surface area contributed by atoms with Gasteiger partial charge in [-0.2, -0.15) is 0 Å². The number of para-hydroxylation sites is 2. The lowest BCUT2D eigenvalue weighted by Crippen LogP contribution is -2.09. The Bertz CT molecular complexity index is 2130. The summed E-state index contributed by atoms with van der Waals surface area (Å²) in [5.41, 5.74) is 8.02. The summed E-state index contributed by atoms with van der Waals surface area (Å²) in [7, 11) is 0. The van der Waals surface area contributed by atoms with Gasteiger partial charge in [-0.05, 0) is 75.8 Å². The van der Waals surface area contributed by atoms with Gasteiger partial charge in [0.2, 0.25) is 0 Å². The van der Waals surface area contributed by atoms with Crippen LogP contribution in [0.4, 0.5) is 17.1 Å². The minimum atomic E-state index is 1.06. The first-order chi connectivity index (χ1) is 20.8. The Hall–Kier alpha value is -5.25. The highest BCUT2D eigenvalue weighted by molar-refractivity contribution is 7.21. The van der Waals surface area contributed by atoms with Crippen LogP contribution in [0.2, 0.25) is 0 Å². The molecule has 0 saturated carbocycles. The van der Waals surface area contributed by atoms with Gasteiger partial charge < -0.3 is 4.90 Å². The predicted octanol–water partition coefficient (Wildman–Crippen LogP) is 11.4. The van der Waals surface area contributed by atoms with E-state index in [1.54, 1.807) is 11.3 Å². The molecule has 0 N–H and O–H groups in total. The minimum absolute atomic E-state index is 1.06. The summed E-state index contributed by atoms with van der Waals surface area (Å²) in [6, 6.07) is 56.1. The van der Waals surface area contributed by atoms with Gasteiger partial charge in [0.1, 0.15) is 5.01 Å². The molecule has 8 rings (SSSR count). The van der Waals surface area contributed by atoms with E-state index in [9.17, 15) is 0 Å². The van der Waals surface area contributed by atoms with Crippen LogP contribution in [0.25, 0.3) is 53.5 Å². The van der Waals surface area contributed by atoms with Crippen LogP contribution in [0.1, 0.15) is 0 Å². The summed E-state index contributed by atoms with van der Waals surface area (Å²) < 4.78 is 1.21. The van der Waals surface area contributed by atoms with Crippen molar-refractivity contribution in [1.82, 2.24) is 4.98 Å². The maximum atomic E-state index is 5.17. The summed E-state index contributed by atoms with van der Waals surface area (Å²) in [5.74, 6) is 0. The number of rotatable bonds is 5. The second-order valence-corrected chi connectivity index (χ2v) is 11.5. The monoisotopic (exact) mass is 554 g/mol. The molecule has 0 saturated heterocycles. The maximum Gasteiger partial charge on any atom is 0.124 e. The molecule has 2 nitrogen and oxygen atoms in total. The van der Waals surface area contributed by atoms with Crippen molar-refractivity contribution in [3.63, 3.8) is 0 Å². The van der Waals surface area contributed by atoms with Gasteiger partial charge >= 0.3 is 0 Å². The molecule has 0 atom stereocenters. The van der Waals surface area contributed by atoms with Crippen LogP contribution in [0.3, 0.4) is 0 Å². The average Bonchev–Trinajstić information content (AvgIpc) is 3.51. The Morgan fingerprint density at radius 2 is 1.00 bits per heavy atom. The Labute approximate surface area is 248 Å².